The highest BCUT2D eigenvalue weighted by Gasteiger charge is 2.41. The third kappa shape index (κ3) is 2.93. The van der Waals surface area contributed by atoms with Crippen LogP contribution in [0, 0.1) is 29.1 Å². The molecule has 19 heavy (non-hydrogen) atoms. The lowest BCUT2D eigenvalue weighted by Gasteiger charge is -2.38. The Morgan fingerprint density at radius 2 is 1.74 bits per heavy atom. The second-order valence-corrected chi connectivity index (χ2v) is 8.25. The molecule has 4 unspecified atom stereocenters. The van der Waals surface area contributed by atoms with Gasteiger partial charge in [0, 0.05) is 0 Å². The van der Waals surface area contributed by atoms with Crippen LogP contribution in [0.5, 0.6) is 0 Å². The van der Waals surface area contributed by atoms with E-state index in [4.69, 9.17) is 0 Å². The van der Waals surface area contributed by atoms with Crippen molar-refractivity contribution >= 4 is 0 Å². The van der Waals surface area contributed by atoms with Crippen molar-refractivity contribution in [2.45, 2.75) is 80.1 Å². The maximum atomic E-state index is 2.50. The first kappa shape index (κ1) is 15.1. The van der Waals surface area contributed by atoms with Gasteiger partial charge in [0.05, 0.1) is 0 Å². The van der Waals surface area contributed by atoms with Crippen LogP contribution in [0.25, 0.3) is 0 Å². The van der Waals surface area contributed by atoms with Crippen molar-refractivity contribution < 1.29 is 0 Å². The molecule has 0 saturated heterocycles. The van der Waals surface area contributed by atoms with Crippen molar-refractivity contribution in [1.82, 2.24) is 0 Å². The van der Waals surface area contributed by atoms with E-state index in [1.165, 1.54) is 38.5 Å². The van der Waals surface area contributed by atoms with Gasteiger partial charge < -0.3 is 0 Å². The smallest absolute Gasteiger partial charge is 0.0170 e. The van der Waals surface area contributed by atoms with E-state index >= 15 is 0 Å². The van der Waals surface area contributed by atoms with Crippen molar-refractivity contribution in [3.05, 3.63) is 11.1 Å². The van der Waals surface area contributed by atoms with E-state index < -0.39 is 0 Å². The van der Waals surface area contributed by atoms with Crippen molar-refractivity contribution in [1.29, 1.82) is 0 Å². The van der Waals surface area contributed by atoms with Gasteiger partial charge in [-0.2, -0.15) is 0 Å². The maximum Gasteiger partial charge on any atom is -0.0170 e. The quantitative estimate of drug-likeness (QED) is 0.529. The van der Waals surface area contributed by atoms with Gasteiger partial charge >= 0.3 is 0 Å². The van der Waals surface area contributed by atoms with Crippen molar-refractivity contribution in [2.24, 2.45) is 29.1 Å². The molecule has 0 nitrogen and oxygen atoms in total. The lowest BCUT2D eigenvalue weighted by atomic mass is 9.67. The van der Waals surface area contributed by atoms with Crippen molar-refractivity contribution in [2.75, 3.05) is 0 Å². The largest absolute Gasteiger partial charge is 0.0701 e. The second kappa shape index (κ2) is 5.62. The van der Waals surface area contributed by atoms with Crippen LogP contribution in [0.15, 0.2) is 11.1 Å². The fourth-order valence-corrected chi connectivity index (χ4v) is 4.73. The van der Waals surface area contributed by atoms with Gasteiger partial charge in [-0.1, -0.05) is 65.5 Å². The Morgan fingerprint density at radius 1 is 1.05 bits per heavy atom. The molecule has 0 aromatic rings. The minimum Gasteiger partial charge on any atom is -0.0701 e. The molecule has 0 amide bonds. The van der Waals surface area contributed by atoms with Crippen LogP contribution in [0.1, 0.15) is 80.1 Å². The van der Waals surface area contributed by atoms with E-state index in [1.54, 1.807) is 0 Å². The van der Waals surface area contributed by atoms with Gasteiger partial charge in [0.15, 0.2) is 0 Å². The van der Waals surface area contributed by atoms with E-state index in [1.807, 2.05) is 11.1 Å². The van der Waals surface area contributed by atoms with Crippen LogP contribution in [-0.4, -0.2) is 0 Å². The van der Waals surface area contributed by atoms with E-state index in [2.05, 4.69) is 41.5 Å². The molecule has 2 aliphatic rings. The maximum absolute atomic E-state index is 2.50. The molecule has 2 aliphatic carbocycles. The third-order valence-electron chi connectivity index (χ3n) is 5.97. The molecule has 4 atom stereocenters. The standard InChI is InChI=1S/C19H34/c1-7-9-17-16(8-2)13(3)10-14-11-15(12-18(14)17)19(4,5)6/h13,15-17H,7-12H2,1-6H3. The van der Waals surface area contributed by atoms with E-state index in [-0.39, 0.29) is 0 Å². The van der Waals surface area contributed by atoms with E-state index in [0.717, 1.165) is 23.7 Å². The summed E-state index contributed by atoms with van der Waals surface area (Å²) in [5, 5.41) is 0. The highest BCUT2D eigenvalue weighted by molar-refractivity contribution is 5.28. The molecule has 0 heteroatoms. The Kier molecular flexibility index (Phi) is 4.48. The molecule has 0 spiro atoms. The zero-order valence-electron chi connectivity index (χ0n) is 14.1. The predicted octanol–water partition coefficient (Wildman–Crippen LogP) is 6.22. The lowest BCUT2D eigenvalue weighted by Crippen LogP contribution is -2.27. The summed E-state index contributed by atoms with van der Waals surface area (Å²) in [6.45, 7) is 14.6. The number of hydrogen-bond donors (Lipinski definition) is 0. The molecule has 0 aromatic heterocycles. The van der Waals surface area contributed by atoms with Crippen molar-refractivity contribution in [3.8, 4) is 0 Å². The summed E-state index contributed by atoms with van der Waals surface area (Å²) >= 11 is 0. The fraction of sp³-hybridized carbons (Fsp3) is 0.895. The Balaban J connectivity index is 2.22. The van der Waals surface area contributed by atoms with Gasteiger partial charge in [-0.05, 0) is 54.8 Å². The monoisotopic (exact) mass is 262 g/mol. The van der Waals surface area contributed by atoms with E-state index in [0.29, 0.717) is 5.41 Å². The lowest BCUT2D eigenvalue weighted by molar-refractivity contribution is 0.220. The molecule has 0 N–H and O–H groups in total. The first-order valence-electron chi connectivity index (χ1n) is 8.59. The first-order chi connectivity index (χ1) is 8.88. The van der Waals surface area contributed by atoms with Crippen molar-refractivity contribution in [3.63, 3.8) is 0 Å². The zero-order chi connectivity index (χ0) is 14.2. The van der Waals surface area contributed by atoms with Gasteiger partial charge in [0.1, 0.15) is 0 Å². The first-order valence-corrected chi connectivity index (χ1v) is 8.59. The number of allylic oxidation sites excluding steroid dienone is 2. The zero-order valence-corrected chi connectivity index (χ0v) is 14.1. The normalized spacial score (nSPS) is 35.7. The van der Waals surface area contributed by atoms with E-state index in [9.17, 15) is 0 Å². The average molecular weight is 262 g/mol. The summed E-state index contributed by atoms with van der Waals surface area (Å²) in [6.07, 6.45) is 8.37. The summed E-state index contributed by atoms with van der Waals surface area (Å²) in [7, 11) is 0. The highest BCUT2D eigenvalue weighted by Crippen LogP contribution is 2.53. The minimum absolute atomic E-state index is 0.485. The third-order valence-corrected chi connectivity index (χ3v) is 5.97. The topological polar surface area (TPSA) is 0 Å². The summed E-state index contributed by atoms with van der Waals surface area (Å²) < 4.78 is 0. The molecular formula is C19H34. The van der Waals surface area contributed by atoms with Gasteiger partial charge in [-0.25, -0.2) is 0 Å². The van der Waals surface area contributed by atoms with Crippen LogP contribution >= 0.6 is 0 Å². The van der Waals surface area contributed by atoms with Gasteiger partial charge in [-0.3, -0.25) is 0 Å². The summed E-state index contributed by atoms with van der Waals surface area (Å²) in [6, 6.07) is 0. The van der Waals surface area contributed by atoms with Gasteiger partial charge in [-0.15, -0.1) is 0 Å². The predicted molar refractivity (Wildman–Crippen MR) is 85.2 cm³/mol. The molecule has 0 aliphatic heterocycles. The Bertz CT molecular complexity index is 342. The molecule has 0 fully saturated rings. The molecule has 0 radical (unpaired) electrons. The summed E-state index contributed by atoms with van der Waals surface area (Å²) in [4.78, 5) is 0. The highest BCUT2D eigenvalue weighted by atomic mass is 14.5. The second-order valence-electron chi connectivity index (χ2n) is 8.25. The Labute approximate surface area is 121 Å². The molecule has 0 heterocycles. The molecule has 2 rings (SSSR count). The Hall–Kier alpha value is -0.260. The average Bonchev–Trinajstić information content (AvgIpc) is 2.72. The van der Waals surface area contributed by atoms with Crippen LogP contribution in [0.2, 0.25) is 0 Å². The molecule has 0 saturated carbocycles. The summed E-state index contributed by atoms with van der Waals surface area (Å²) in [5.41, 5.74) is 4.27. The van der Waals surface area contributed by atoms with Crippen LogP contribution in [0.3, 0.4) is 0 Å². The van der Waals surface area contributed by atoms with Crippen LogP contribution < -0.4 is 0 Å². The molecule has 0 aromatic carbocycles. The number of hydrogen-bond acceptors (Lipinski definition) is 0. The fourth-order valence-electron chi connectivity index (χ4n) is 4.73. The SMILES string of the molecule is CCCC1C2=C(CC(C)C1CC)CC(C(C)(C)C)C2. The summed E-state index contributed by atoms with van der Waals surface area (Å²) in [5.74, 6) is 3.69. The van der Waals surface area contributed by atoms with Gasteiger partial charge in [0.2, 0.25) is 0 Å². The minimum atomic E-state index is 0.485. The Morgan fingerprint density at radius 3 is 2.26 bits per heavy atom. The van der Waals surface area contributed by atoms with Crippen LogP contribution in [-0.2, 0) is 0 Å². The van der Waals surface area contributed by atoms with Gasteiger partial charge in [0.25, 0.3) is 0 Å². The molecule has 110 valence electrons. The molecular weight excluding hydrogens is 228 g/mol. The molecule has 0 bridgehead atoms. The number of rotatable bonds is 3. The van der Waals surface area contributed by atoms with Crippen LogP contribution in [0.4, 0.5) is 0 Å².